The van der Waals surface area contributed by atoms with E-state index in [2.05, 4.69) is 59.9 Å². The third-order valence-corrected chi connectivity index (χ3v) is 6.44. The van der Waals surface area contributed by atoms with Crippen LogP contribution in [0.4, 0.5) is 0 Å². The lowest BCUT2D eigenvalue weighted by molar-refractivity contribution is -0.110. The van der Waals surface area contributed by atoms with Gasteiger partial charge in [0.1, 0.15) is 0 Å². The van der Waals surface area contributed by atoms with Crippen LogP contribution in [0.25, 0.3) is 5.57 Å². The van der Waals surface area contributed by atoms with Gasteiger partial charge >= 0.3 is 0 Å². The lowest BCUT2D eigenvalue weighted by Crippen LogP contribution is -2.76. The van der Waals surface area contributed by atoms with Crippen LogP contribution >= 0.6 is 0 Å². The van der Waals surface area contributed by atoms with E-state index in [-0.39, 0.29) is 6.54 Å². The van der Waals surface area contributed by atoms with Crippen LogP contribution in [0.15, 0.2) is 49.1 Å². The number of nitriles is 1. The average molecular weight is 419 g/mol. The zero-order chi connectivity index (χ0) is 21.3. The molecule has 31 heavy (non-hydrogen) atoms. The molecule has 2 aromatic heterocycles. The normalized spacial score (nSPS) is 27.7. The van der Waals surface area contributed by atoms with Crippen molar-refractivity contribution in [1.29, 1.82) is 5.26 Å². The number of fused-ring (bicyclic) bond motifs is 2. The molecule has 3 saturated heterocycles. The summed E-state index contributed by atoms with van der Waals surface area (Å²) in [4.78, 5) is 9.29. The Kier molecular flexibility index (Phi) is 5.19. The van der Waals surface area contributed by atoms with Crippen molar-refractivity contribution in [3.05, 3.63) is 60.2 Å². The van der Waals surface area contributed by atoms with Gasteiger partial charge in [-0.3, -0.25) is 20.2 Å². The molecule has 3 N–H and O–H groups in total. The molecule has 3 fully saturated rings. The maximum Gasteiger partial charge on any atom is 0.212 e. The lowest BCUT2D eigenvalue weighted by atomic mass is 9.85. The minimum atomic E-state index is -0.562. The van der Waals surface area contributed by atoms with Crippen molar-refractivity contribution >= 4 is 5.57 Å². The summed E-state index contributed by atoms with van der Waals surface area (Å²) in [7, 11) is 1.63. The Balaban J connectivity index is 1.27. The Hall–Kier alpha value is -3.19. The summed E-state index contributed by atoms with van der Waals surface area (Å²) in [5.74, 6) is 0.0791. The number of allylic oxidation sites excluding steroid dienone is 2. The van der Waals surface area contributed by atoms with E-state index in [4.69, 9.17) is 4.74 Å². The largest absolute Gasteiger partial charge is 0.481 e. The quantitative estimate of drug-likeness (QED) is 0.573. The van der Waals surface area contributed by atoms with Crippen LogP contribution in [0.1, 0.15) is 17.5 Å². The molecule has 0 aliphatic carbocycles. The van der Waals surface area contributed by atoms with Crippen molar-refractivity contribution in [2.75, 3.05) is 26.7 Å². The number of nitrogens with zero attached hydrogens (tertiary/aromatic N) is 5. The first-order valence-corrected chi connectivity index (χ1v) is 10.5. The second kappa shape index (κ2) is 8.15. The smallest absolute Gasteiger partial charge is 0.212 e. The van der Waals surface area contributed by atoms with Gasteiger partial charge in [0.05, 0.1) is 25.9 Å². The van der Waals surface area contributed by atoms with E-state index in [1.165, 1.54) is 12.0 Å². The number of aromatic amines is 1. The Morgan fingerprint density at radius 1 is 1.32 bits per heavy atom. The first-order chi connectivity index (χ1) is 15.2. The van der Waals surface area contributed by atoms with Gasteiger partial charge < -0.3 is 10.1 Å². The number of nitrogens with one attached hydrogen (secondary N) is 3. The van der Waals surface area contributed by atoms with Crippen molar-refractivity contribution in [3.63, 3.8) is 0 Å². The number of dihydropyridines is 1. The Bertz CT molecular complexity index is 997. The van der Waals surface area contributed by atoms with Gasteiger partial charge in [-0.05, 0) is 18.1 Å². The van der Waals surface area contributed by atoms with Crippen LogP contribution in [-0.2, 0) is 6.54 Å². The predicted octanol–water partition coefficient (Wildman–Crippen LogP) is 1.04. The summed E-state index contributed by atoms with van der Waals surface area (Å²) < 4.78 is 5.16. The second-order valence-electron chi connectivity index (χ2n) is 8.17. The summed E-state index contributed by atoms with van der Waals surface area (Å²) in [5.41, 5.74) is 3.28. The van der Waals surface area contributed by atoms with Crippen LogP contribution in [0.3, 0.4) is 0 Å². The highest BCUT2D eigenvalue weighted by molar-refractivity contribution is 5.74. The fourth-order valence-corrected chi connectivity index (χ4v) is 4.74. The van der Waals surface area contributed by atoms with Crippen LogP contribution < -0.4 is 15.4 Å². The molecular weight excluding hydrogens is 392 g/mol. The van der Waals surface area contributed by atoms with Gasteiger partial charge in [-0.2, -0.15) is 10.4 Å². The van der Waals surface area contributed by atoms with Crippen LogP contribution in [0.2, 0.25) is 0 Å². The number of piperazine rings is 1. The van der Waals surface area contributed by atoms with E-state index >= 15 is 0 Å². The van der Waals surface area contributed by atoms with Gasteiger partial charge in [-0.1, -0.05) is 12.1 Å². The highest BCUT2D eigenvalue weighted by atomic mass is 16.5. The van der Waals surface area contributed by atoms with E-state index in [0.717, 1.165) is 30.8 Å². The number of hydrogen-bond acceptors (Lipinski definition) is 8. The van der Waals surface area contributed by atoms with Crippen LogP contribution in [0.5, 0.6) is 5.88 Å². The molecule has 4 aliphatic heterocycles. The number of methoxy groups -OCH3 is 1. The van der Waals surface area contributed by atoms with E-state index in [1.54, 1.807) is 13.3 Å². The molecule has 6 rings (SSSR count). The number of aromatic nitrogens is 3. The number of hydrogen-bond donors (Lipinski definition) is 3. The summed E-state index contributed by atoms with van der Waals surface area (Å²) in [6, 6.07) is 7.18. The van der Waals surface area contributed by atoms with Gasteiger partial charge in [0, 0.05) is 67.5 Å². The van der Waals surface area contributed by atoms with Crippen molar-refractivity contribution in [2.24, 2.45) is 0 Å². The minimum absolute atomic E-state index is 0.263. The van der Waals surface area contributed by atoms with E-state index < -0.39 is 5.79 Å². The van der Waals surface area contributed by atoms with Crippen molar-refractivity contribution < 1.29 is 4.74 Å². The topological polar surface area (TPSA) is 105 Å². The number of piperidine rings is 1. The molecular formula is C22H26N8O. The number of rotatable bonds is 7. The lowest BCUT2D eigenvalue weighted by Gasteiger charge is -2.60. The number of ether oxygens (including phenoxy) is 1. The Labute approximate surface area is 181 Å². The van der Waals surface area contributed by atoms with E-state index in [9.17, 15) is 5.26 Å². The fraction of sp³-hybridized carbons (Fsp3) is 0.409. The molecule has 0 saturated carbocycles. The summed E-state index contributed by atoms with van der Waals surface area (Å²) >= 11 is 0. The van der Waals surface area contributed by atoms with E-state index in [0.29, 0.717) is 18.0 Å². The minimum Gasteiger partial charge on any atom is -0.481 e. The zero-order valence-electron chi connectivity index (χ0n) is 17.5. The van der Waals surface area contributed by atoms with E-state index in [1.807, 2.05) is 24.7 Å². The highest BCUT2D eigenvalue weighted by Gasteiger charge is 2.49. The van der Waals surface area contributed by atoms with Gasteiger partial charge in [-0.15, -0.1) is 0 Å². The monoisotopic (exact) mass is 418 g/mol. The third kappa shape index (κ3) is 3.70. The maximum atomic E-state index is 9.18. The molecule has 9 nitrogen and oxygen atoms in total. The van der Waals surface area contributed by atoms with Crippen LogP contribution in [0, 0.1) is 11.3 Å². The van der Waals surface area contributed by atoms with Crippen LogP contribution in [-0.4, -0.2) is 69.6 Å². The van der Waals surface area contributed by atoms with Gasteiger partial charge in [0.25, 0.3) is 0 Å². The summed E-state index contributed by atoms with van der Waals surface area (Å²) in [5, 5.41) is 23.0. The average Bonchev–Trinajstić information content (AvgIpc) is 3.37. The Morgan fingerprint density at radius 2 is 2.19 bits per heavy atom. The zero-order valence-corrected chi connectivity index (χ0v) is 17.5. The predicted molar refractivity (Wildman–Crippen MR) is 115 cm³/mol. The summed E-state index contributed by atoms with van der Waals surface area (Å²) in [6.07, 6.45) is 13.0. The first kappa shape index (κ1) is 19.8. The molecule has 0 aromatic carbocycles. The van der Waals surface area contributed by atoms with Gasteiger partial charge in [0.2, 0.25) is 5.88 Å². The number of H-pyrrole nitrogens is 1. The molecule has 160 valence electrons. The third-order valence-electron chi connectivity index (χ3n) is 6.44. The van der Waals surface area contributed by atoms with Crippen molar-refractivity contribution in [3.8, 4) is 11.9 Å². The molecule has 9 heteroatoms. The molecule has 2 bridgehead atoms. The number of pyridine rings is 1. The molecule has 3 unspecified atom stereocenters. The standard InChI is InChI=1S/C22H26N8O/c1-31-21-3-2-16(9-24-21)13-30-19-8-20(30)15-29(14-19)22(25-7-6-23)5-4-17(10-26-22)18-11-27-28-12-18/h2-5,9-12,19-20,25-26H,7-8,13-15H2,1H3,(H,27,28). The Morgan fingerprint density at radius 3 is 2.81 bits per heavy atom. The van der Waals surface area contributed by atoms with Crippen molar-refractivity contribution in [1.82, 2.24) is 35.6 Å². The highest BCUT2D eigenvalue weighted by Crippen LogP contribution is 2.37. The molecule has 4 aliphatic rings. The second-order valence-corrected chi connectivity index (χ2v) is 8.17. The van der Waals surface area contributed by atoms with Gasteiger partial charge in [-0.25, -0.2) is 4.98 Å². The maximum absolute atomic E-state index is 9.18. The fourth-order valence-electron chi connectivity index (χ4n) is 4.74. The molecule has 2 aromatic rings. The molecule has 0 radical (unpaired) electrons. The molecule has 6 heterocycles. The van der Waals surface area contributed by atoms with Gasteiger partial charge in [0.15, 0.2) is 5.79 Å². The van der Waals surface area contributed by atoms with Crippen molar-refractivity contribution in [2.45, 2.75) is 30.8 Å². The molecule has 0 spiro atoms. The SMILES string of the molecule is COc1ccc(CN2C3CC2CN(C2(NCC#N)C=CC(c4cn[nH]c4)=CN2)C3)cn1. The molecule has 0 amide bonds. The summed E-state index contributed by atoms with van der Waals surface area (Å²) in [6.45, 7) is 3.00. The first-order valence-electron chi connectivity index (χ1n) is 10.5. The molecule has 3 atom stereocenters.